The summed E-state index contributed by atoms with van der Waals surface area (Å²) >= 11 is 5.91. The smallest absolute Gasteiger partial charge is 0.320 e. The Bertz CT molecular complexity index is 590. The third-order valence-corrected chi connectivity index (χ3v) is 3.96. The monoisotopic (exact) mass is 290 g/mol. The topological polar surface area (TPSA) is 69.8 Å². The number of anilines is 1. The zero-order valence-electron chi connectivity index (χ0n) is 10.8. The highest BCUT2D eigenvalue weighted by Crippen LogP contribution is 2.41. The highest BCUT2D eigenvalue weighted by atomic mass is 35.5. The number of carbonyl (C=O) groups is 1. The highest BCUT2D eigenvalue weighted by molar-refractivity contribution is 6.30. The van der Waals surface area contributed by atoms with Gasteiger partial charge >= 0.3 is 6.03 Å². The molecule has 1 aromatic heterocycles. The number of carbonyl (C=O) groups excluding carboxylic acids is 1. The molecule has 0 radical (unpaired) electrons. The summed E-state index contributed by atoms with van der Waals surface area (Å²) in [7, 11) is 0. The molecule has 3 N–H and O–H groups in total. The number of aromatic nitrogens is 2. The average molecular weight is 291 g/mol. The molecule has 2 aromatic rings. The highest BCUT2D eigenvalue weighted by Gasteiger charge is 2.40. The molecular formula is C14H15ClN4O. The molecule has 0 aliphatic heterocycles. The van der Waals surface area contributed by atoms with Gasteiger partial charge in [0, 0.05) is 11.2 Å². The van der Waals surface area contributed by atoms with Gasteiger partial charge in [0.15, 0.2) is 0 Å². The van der Waals surface area contributed by atoms with Crippen LogP contribution in [-0.2, 0) is 5.54 Å². The van der Waals surface area contributed by atoms with Crippen LogP contribution in [-0.4, -0.2) is 16.2 Å². The van der Waals surface area contributed by atoms with Crippen molar-refractivity contribution in [2.45, 2.75) is 24.8 Å². The van der Waals surface area contributed by atoms with Crippen LogP contribution in [0.4, 0.5) is 10.5 Å². The van der Waals surface area contributed by atoms with E-state index in [9.17, 15) is 4.79 Å². The number of benzene rings is 1. The number of rotatable bonds is 3. The van der Waals surface area contributed by atoms with Crippen molar-refractivity contribution in [3.8, 4) is 0 Å². The van der Waals surface area contributed by atoms with Crippen molar-refractivity contribution in [1.29, 1.82) is 0 Å². The minimum atomic E-state index is -0.279. The number of hydrogen-bond acceptors (Lipinski definition) is 2. The van der Waals surface area contributed by atoms with E-state index in [1.807, 2.05) is 24.3 Å². The number of amides is 2. The molecule has 104 valence electrons. The molecule has 3 rings (SSSR count). The van der Waals surface area contributed by atoms with E-state index in [4.69, 9.17) is 11.6 Å². The van der Waals surface area contributed by atoms with Crippen molar-refractivity contribution >= 4 is 23.3 Å². The van der Waals surface area contributed by atoms with Crippen LogP contribution >= 0.6 is 11.6 Å². The average Bonchev–Trinajstić information content (AvgIpc) is 2.88. The van der Waals surface area contributed by atoms with Crippen molar-refractivity contribution in [3.63, 3.8) is 0 Å². The Morgan fingerprint density at radius 2 is 2.05 bits per heavy atom. The Labute approximate surface area is 121 Å². The summed E-state index contributed by atoms with van der Waals surface area (Å²) in [5, 5.41) is 13.0. The van der Waals surface area contributed by atoms with E-state index < -0.39 is 0 Å². The lowest BCUT2D eigenvalue weighted by Crippen LogP contribution is -2.52. The van der Waals surface area contributed by atoms with E-state index in [-0.39, 0.29) is 11.6 Å². The van der Waals surface area contributed by atoms with Gasteiger partial charge in [-0.05, 0) is 37.0 Å². The Morgan fingerprint density at radius 3 is 2.60 bits per heavy atom. The van der Waals surface area contributed by atoms with E-state index >= 15 is 0 Å². The lowest BCUT2D eigenvalue weighted by atomic mass is 9.72. The van der Waals surface area contributed by atoms with Gasteiger partial charge in [0.05, 0.1) is 17.4 Å². The van der Waals surface area contributed by atoms with Crippen LogP contribution in [0.25, 0.3) is 0 Å². The first-order chi connectivity index (χ1) is 9.68. The maximum atomic E-state index is 12.1. The lowest BCUT2D eigenvalue weighted by Gasteiger charge is -2.43. The number of nitrogens with one attached hydrogen (secondary N) is 3. The molecule has 20 heavy (non-hydrogen) atoms. The van der Waals surface area contributed by atoms with Crippen LogP contribution in [0.3, 0.4) is 0 Å². The van der Waals surface area contributed by atoms with Gasteiger partial charge in [-0.1, -0.05) is 23.7 Å². The minimum absolute atomic E-state index is 0.221. The summed E-state index contributed by atoms with van der Waals surface area (Å²) in [6.07, 6.45) is 6.18. The van der Waals surface area contributed by atoms with Gasteiger partial charge in [0.2, 0.25) is 0 Å². The zero-order chi connectivity index (χ0) is 14.0. The lowest BCUT2D eigenvalue weighted by molar-refractivity contribution is 0.185. The molecule has 1 aliphatic rings. The standard InChI is InChI=1S/C14H15ClN4O/c15-11-4-2-10(3-5-11)14(6-1-7-14)19-13(20)18-12-8-16-17-9-12/h2-5,8-9H,1,6-7H2,(H,16,17)(H2,18,19,20). The number of halogens is 1. The molecule has 1 aliphatic carbocycles. The largest absolute Gasteiger partial charge is 0.328 e. The van der Waals surface area contributed by atoms with Gasteiger partial charge < -0.3 is 10.6 Å². The predicted molar refractivity (Wildman–Crippen MR) is 77.7 cm³/mol. The molecule has 1 aromatic carbocycles. The van der Waals surface area contributed by atoms with Gasteiger partial charge in [-0.3, -0.25) is 5.10 Å². The van der Waals surface area contributed by atoms with Crippen molar-refractivity contribution in [2.24, 2.45) is 0 Å². The molecule has 1 fully saturated rings. The minimum Gasteiger partial charge on any atom is -0.328 e. The molecule has 0 unspecified atom stereocenters. The van der Waals surface area contributed by atoms with Crippen LogP contribution in [0.15, 0.2) is 36.7 Å². The Kier molecular flexibility index (Phi) is 3.36. The second-order valence-electron chi connectivity index (χ2n) is 5.01. The molecule has 0 saturated heterocycles. The number of aromatic amines is 1. The van der Waals surface area contributed by atoms with Gasteiger partial charge in [-0.15, -0.1) is 0 Å². The molecular weight excluding hydrogens is 276 g/mol. The maximum Gasteiger partial charge on any atom is 0.320 e. The Morgan fingerprint density at radius 1 is 1.30 bits per heavy atom. The van der Waals surface area contributed by atoms with E-state index in [1.54, 1.807) is 12.4 Å². The second kappa shape index (κ2) is 5.17. The summed E-state index contributed by atoms with van der Waals surface area (Å²) in [5.74, 6) is 0. The van der Waals surface area contributed by atoms with Crippen LogP contribution in [0, 0.1) is 0 Å². The zero-order valence-corrected chi connectivity index (χ0v) is 11.6. The van der Waals surface area contributed by atoms with Crippen LogP contribution in [0.5, 0.6) is 0 Å². The third kappa shape index (κ3) is 2.49. The summed E-state index contributed by atoms with van der Waals surface area (Å²) in [5.41, 5.74) is 1.46. The summed E-state index contributed by atoms with van der Waals surface area (Å²) in [6, 6.07) is 7.43. The van der Waals surface area contributed by atoms with E-state index in [0.29, 0.717) is 10.7 Å². The van der Waals surface area contributed by atoms with E-state index in [1.165, 1.54) is 0 Å². The summed E-state index contributed by atoms with van der Waals surface area (Å²) in [6.45, 7) is 0. The molecule has 0 atom stereocenters. The number of hydrogen-bond donors (Lipinski definition) is 3. The molecule has 1 saturated carbocycles. The fraction of sp³-hybridized carbons (Fsp3) is 0.286. The van der Waals surface area contributed by atoms with Crippen molar-refractivity contribution < 1.29 is 4.79 Å². The third-order valence-electron chi connectivity index (χ3n) is 3.71. The second-order valence-corrected chi connectivity index (χ2v) is 5.45. The number of urea groups is 1. The Balaban J connectivity index is 1.73. The van der Waals surface area contributed by atoms with Gasteiger partial charge in [-0.2, -0.15) is 5.10 Å². The number of H-pyrrole nitrogens is 1. The molecule has 2 amide bonds. The number of nitrogens with zero attached hydrogens (tertiary/aromatic N) is 1. The summed E-state index contributed by atoms with van der Waals surface area (Å²) < 4.78 is 0. The van der Waals surface area contributed by atoms with Gasteiger partial charge in [0.1, 0.15) is 0 Å². The fourth-order valence-electron chi connectivity index (χ4n) is 2.48. The first-order valence-corrected chi connectivity index (χ1v) is 6.90. The quantitative estimate of drug-likeness (QED) is 0.812. The first-order valence-electron chi connectivity index (χ1n) is 6.52. The van der Waals surface area contributed by atoms with E-state index in [2.05, 4.69) is 20.8 Å². The van der Waals surface area contributed by atoms with Crippen LogP contribution in [0.1, 0.15) is 24.8 Å². The first kappa shape index (κ1) is 13.0. The molecule has 0 bridgehead atoms. The van der Waals surface area contributed by atoms with Crippen LogP contribution in [0.2, 0.25) is 5.02 Å². The fourth-order valence-corrected chi connectivity index (χ4v) is 2.61. The molecule has 5 nitrogen and oxygen atoms in total. The summed E-state index contributed by atoms with van der Waals surface area (Å²) in [4.78, 5) is 12.1. The SMILES string of the molecule is O=C(Nc1cn[nH]c1)NC1(c2ccc(Cl)cc2)CCC1. The van der Waals surface area contributed by atoms with Gasteiger partial charge in [0.25, 0.3) is 0 Å². The molecule has 1 heterocycles. The van der Waals surface area contributed by atoms with Crippen molar-refractivity contribution in [3.05, 3.63) is 47.2 Å². The predicted octanol–water partition coefficient (Wildman–Crippen LogP) is 3.26. The van der Waals surface area contributed by atoms with Gasteiger partial charge in [-0.25, -0.2) is 4.79 Å². The maximum absolute atomic E-state index is 12.1. The Hall–Kier alpha value is -2.01. The van der Waals surface area contributed by atoms with Crippen molar-refractivity contribution in [2.75, 3.05) is 5.32 Å². The molecule has 6 heteroatoms. The molecule has 0 spiro atoms. The van der Waals surface area contributed by atoms with E-state index in [0.717, 1.165) is 24.8 Å². The van der Waals surface area contributed by atoms with Crippen molar-refractivity contribution in [1.82, 2.24) is 15.5 Å². The van der Waals surface area contributed by atoms with Crippen LogP contribution < -0.4 is 10.6 Å². The normalized spacial score (nSPS) is 16.2.